The fraction of sp³-hybridized carbons (Fsp3) is 0.900. The van der Waals surface area contributed by atoms with Gasteiger partial charge in [-0.3, -0.25) is 0 Å². The van der Waals surface area contributed by atoms with E-state index in [1.54, 1.807) is 0 Å². The Morgan fingerprint density at radius 1 is 1.62 bits per heavy atom. The van der Waals surface area contributed by atoms with Crippen LogP contribution in [0.5, 0.6) is 0 Å². The Morgan fingerprint density at radius 2 is 2.31 bits per heavy atom. The minimum atomic E-state index is -1.12. The average molecular weight is 184 g/mol. The molecule has 2 fully saturated rings. The third kappa shape index (κ3) is 1.21. The molecule has 2 aliphatic rings. The zero-order chi connectivity index (χ0) is 9.64. The molecule has 0 aromatic heterocycles. The smallest absolute Gasteiger partial charge is 0.450 e. The molecule has 0 aliphatic heterocycles. The summed E-state index contributed by atoms with van der Waals surface area (Å²) in [6, 6.07) is 0. The molecule has 0 amide bonds. The number of fused-ring (bicyclic) bond motifs is 1. The van der Waals surface area contributed by atoms with Crippen molar-refractivity contribution in [2.24, 2.45) is 17.3 Å². The molecule has 0 aromatic carbocycles. The largest absolute Gasteiger partial charge is 0.506 e. The molecule has 2 saturated carbocycles. The summed E-state index contributed by atoms with van der Waals surface area (Å²) in [5.74, 6) is 1.11. The second-order valence-corrected chi connectivity index (χ2v) is 4.71. The van der Waals surface area contributed by atoms with Gasteiger partial charge in [-0.15, -0.1) is 0 Å². The normalized spacial score (nSPS) is 48.0. The zero-order valence-electron chi connectivity index (χ0n) is 8.12. The molecule has 0 radical (unpaired) electrons. The lowest BCUT2D eigenvalue weighted by molar-refractivity contribution is 0.0702. The van der Waals surface area contributed by atoms with E-state index in [9.17, 15) is 4.79 Å². The van der Waals surface area contributed by atoms with E-state index in [0.29, 0.717) is 11.8 Å². The molecule has 0 spiro atoms. The van der Waals surface area contributed by atoms with Gasteiger partial charge in [0.1, 0.15) is 6.10 Å². The monoisotopic (exact) mass is 184 g/mol. The van der Waals surface area contributed by atoms with Gasteiger partial charge < -0.3 is 9.84 Å². The molecule has 4 atom stereocenters. The average Bonchev–Trinajstić information content (AvgIpc) is 2.56. The van der Waals surface area contributed by atoms with E-state index < -0.39 is 6.16 Å². The SMILES string of the molecule is CC1CCCC2(C)C(OC(=O)O)C12. The Labute approximate surface area is 78.1 Å². The van der Waals surface area contributed by atoms with Gasteiger partial charge in [-0.05, 0) is 12.3 Å². The highest BCUT2D eigenvalue weighted by Gasteiger charge is 2.66. The number of hydrogen-bond acceptors (Lipinski definition) is 2. The maximum Gasteiger partial charge on any atom is 0.506 e. The van der Waals surface area contributed by atoms with E-state index >= 15 is 0 Å². The molecule has 1 N–H and O–H groups in total. The lowest BCUT2D eigenvalue weighted by Crippen LogP contribution is -2.12. The molecule has 2 rings (SSSR count). The Kier molecular flexibility index (Phi) is 1.79. The summed E-state index contributed by atoms with van der Waals surface area (Å²) in [6.45, 7) is 4.36. The molecule has 74 valence electrons. The molecular formula is C10H16O3. The molecule has 2 aliphatic carbocycles. The minimum Gasteiger partial charge on any atom is -0.450 e. The van der Waals surface area contributed by atoms with Crippen LogP contribution in [-0.4, -0.2) is 17.4 Å². The second kappa shape index (κ2) is 2.63. The van der Waals surface area contributed by atoms with Crippen LogP contribution in [0.25, 0.3) is 0 Å². The summed E-state index contributed by atoms with van der Waals surface area (Å²) in [6.07, 6.45) is 2.42. The van der Waals surface area contributed by atoms with Crippen LogP contribution in [0.15, 0.2) is 0 Å². The van der Waals surface area contributed by atoms with Crippen molar-refractivity contribution in [1.82, 2.24) is 0 Å². The van der Waals surface area contributed by atoms with Crippen LogP contribution in [0.4, 0.5) is 4.79 Å². The lowest BCUT2D eigenvalue weighted by atomic mass is 9.84. The van der Waals surface area contributed by atoms with E-state index in [4.69, 9.17) is 9.84 Å². The quantitative estimate of drug-likeness (QED) is 0.637. The highest BCUT2D eigenvalue weighted by atomic mass is 16.7. The van der Waals surface area contributed by atoms with Crippen molar-refractivity contribution in [3.8, 4) is 0 Å². The van der Waals surface area contributed by atoms with Crippen molar-refractivity contribution in [1.29, 1.82) is 0 Å². The van der Waals surface area contributed by atoms with Gasteiger partial charge >= 0.3 is 6.16 Å². The van der Waals surface area contributed by atoms with E-state index in [-0.39, 0.29) is 11.5 Å². The number of rotatable bonds is 1. The Bertz CT molecular complexity index is 238. The third-order valence-electron chi connectivity index (χ3n) is 3.84. The number of carboxylic acid groups (broad SMARTS) is 1. The van der Waals surface area contributed by atoms with Gasteiger partial charge in [0.2, 0.25) is 0 Å². The van der Waals surface area contributed by atoms with Crippen molar-refractivity contribution in [3.05, 3.63) is 0 Å². The molecule has 3 heteroatoms. The van der Waals surface area contributed by atoms with Gasteiger partial charge in [-0.2, -0.15) is 0 Å². The Balaban J connectivity index is 2.04. The first kappa shape index (κ1) is 8.85. The molecule has 0 bridgehead atoms. The Morgan fingerprint density at radius 3 is 2.85 bits per heavy atom. The maximum atomic E-state index is 10.4. The van der Waals surface area contributed by atoms with Crippen molar-refractivity contribution in [2.75, 3.05) is 0 Å². The Hall–Kier alpha value is -0.730. The highest BCUT2D eigenvalue weighted by molar-refractivity contribution is 5.58. The minimum absolute atomic E-state index is 0.0255. The molecule has 13 heavy (non-hydrogen) atoms. The predicted molar refractivity (Wildman–Crippen MR) is 47.5 cm³/mol. The summed E-state index contributed by atoms with van der Waals surface area (Å²) in [5.41, 5.74) is 0.163. The van der Waals surface area contributed by atoms with E-state index in [0.717, 1.165) is 6.42 Å². The predicted octanol–water partition coefficient (Wildman–Crippen LogP) is 2.51. The summed E-state index contributed by atoms with van der Waals surface area (Å²) < 4.78 is 4.90. The van der Waals surface area contributed by atoms with Crippen molar-refractivity contribution in [3.63, 3.8) is 0 Å². The van der Waals surface area contributed by atoms with Gasteiger partial charge in [0.15, 0.2) is 0 Å². The second-order valence-electron chi connectivity index (χ2n) is 4.71. The standard InChI is InChI=1S/C10H16O3/c1-6-4-3-5-10(2)7(6)8(10)13-9(11)12/h6-8H,3-5H2,1-2H3,(H,11,12). The van der Waals surface area contributed by atoms with Gasteiger partial charge in [0.25, 0.3) is 0 Å². The van der Waals surface area contributed by atoms with Crippen LogP contribution < -0.4 is 0 Å². The maximum absolute atomic E-state index is 10.4. The van der Waals surface area contributed by atoms with Crippen LogP contribution >= 0.6 is 0 Å². The van der Waals surface area contributed by atoms with Gasteiger partial charge in [0.05, 0.1) is 0 Å². The summed E-state index contributed by atoms with van der Waals surface area (Å²) >= 11 is 0. The van der Waals surface area contributed by atoms with E-state index in [2.05, 4.69) is 13.8 Å². The first-order valence-electron chi connectivity index (χ1n) is 4.95. The summed E-state index contributed by atoms with van der Waals surface area (Å²) in [5, 5.41) is 8.55. The first-order valence-corrected chi connectivity index (χ1v) is 4.95. The molecule has 4 unspecified atom stereocenters. The summed E-state index contributed by atoms with van der Waals surface area (Å²) in [4.78, 5) is 10.4. The van der Waals surface area contributed by atoms with Gasteiger partial charge in [-0.1, -0.05) is 26.7 Å². The summed E-state index contributed by atoms with van der Waals surface area (Å²) in [7, 11) is 0. The van der Waals surface area contributed by atoms with Gasteiger partial charge in [-0.25, -0.2) is 4.79 Å². The van der Waals surface area contributed by atoms with Crippen LogP contribution in [0.2, 0.25) is 0 Å². The van der Waals surface area contributed by atoms with E-state index in [1.807, 2.05) is 0 Å². The van der Waals surface area contributed by atoms with Crippen molar-refractivity contribution < 1.29 is 14.6 Å². The van der Waals surface area contributed by atoms with Crippen LogP contribution in [0, 0.1) is 17.3 Å². The number of carbonyl (C=O) groups is 1. The molecule has 0 aromatic rings. The van der Waals surface area contributed by atoms with Gasteiger partial charge in [0, 0.05) is 11.3 Å². The molecule has 3 nitrogen and oxygen atoms in total. The van der Waals surface area contributed by atoms with Crippen LogP contribution in [0.3, 0.4) is 0 Å². The highest BCUT2D eigenvalue weighted by Crippen LogP contribution is 2.64. The molecular weight excluding hydrogens is 168 g/mol. The third-order valence-corrected chi connectivity index (χ3v) is 3.84. The van der Waals surface area contributed by atoms with Crippen LogP contribution in [0.1, 0.15) is 33.1 Å². The lowest BCUT2D eigenvalue weighted by Gasteiger charge is -2.20. The topological polar surface area (TPSA) is 46.5 Å². The fourth-order valence-electron chi connectivity index (χ4n) is 3.12. The fourth-order valence-corrected chi connectivity index (χ4v) is 3.12. The van der Waals surface area contributed by atoms with E-state index in [1.165, 1.54) is 12.8 Å². The van der Waals surface area contributed by atoms with Crippen molar-refractivity contribution in [2.45, 2.75) is 39.2 Å². The molecule has 0 saturated heterocycles. The van der Waals surface area contributed by atoms with Crippen molar-refractivity contribution >= 4 is 6.16 Å². The number of hydrogen-bond donors (Lipinski definition) is 1. The number of ether oxygens (including phenoxy) is 1. The molecule has 0 heterocycles. The van der Waals surface area contributed by atoms with Crippen LogP contribution in [-0.2, 0) is 4.74 Å². The first-order chi connectivity index (χ1) is 6.05. The zero-order valence-corrected chi connectivity index (χ0v) is 8.12.